The second kappa shape index (κ2) is 11.0. The molecule has 154 valence electrons. The van der Waals surface area contributed by atoms with Crippen molar-refractivity contribution in [3.05, 3.63) is 24.3 Å². The maximum absolute atomic E-state index is 11.1. The number of ether oxygens (including phenoxy) is 2. The number of esters is 1. The third-order valence-corrected chi connectivity index (χ3v) is 6.28. The molecular weight excluding hydrogens is 340 g/mol. The van der Waals surface area contributed by atoms with E-state index in [-0.39, 0.29) is 17.5 Å². The Hall–Kier alpha value is -1.13. The number of unbranched alkanes of at least 4 members (excludes halogenated alkanes) is 3. The molecule has 1 saturated carbocycles. The number of aliphatic hydroxyl groups is 1. The smallest absolute Gasteiger partial charge is 0.305 e. The molecule has 2 fully saturated rings. The normalized spacial score (nSPS) is 31.2. The highest BCUT2D eigenvalue weighted by molar-refractivity contribution is 5.69. The van der Waals surface area contributed by atoms with Crippen LogP contribution in [0.3, 0.4) is 0 Å². The highest BCUT2D eigenvalue weighted by atomic mass is 16.5. The van der Waals surface area contributed by atoms with Crippen molar-refractivity contribution in [2.45, 2.75) is 83.8 Å². The number of hydrogen-bond donors (Lipinski definition) is 1. The summed E-state index contributed by atoms with van der Waals surface area (Å²) in [5.41, 5.74) is 0.239. The molecule has 4 nitrogen and oxygen atoms in total. The summed E-state index contributed by atoms with van der Waals surface area (Å²) >= 11 is 0. The number of allylic oxidation sites excluding steroid dienone is 2. The van der Waals surface area contributed by atoms with E-state index >= 15 is 0 Å². The number of carbonyl (C=O) groups is 1. The Kier molecular flexibility index (Phi) is 9.04. The van der Waals surface area contributed by atoms with E-state index < -0.39 is 0 Å². The molecule has 0 amide bonds. The summed E-state index contributed by atoms with van der Waals surface area (Å²) < 4.78 is 10.7. The molecule has 0 aromatic rings. The summed E-state index contributed by atoms with van der Waals surface area (Å²) in [5, 5.41) is 10.2. The predicted molar refractivity (Wildman–Crippen MR) is 108 cm³/mol. The van der Waals surface area contributed by atoms with Gasteiger partial charge in [0, 0.05) is 12.3 Å². The number of carbonyl (C=O) groups excluding carboxylic acids is 1. The third kappa shape index (κ3) is 6.46. The molecule has 1 heterocycles. The molecule has 2 aliphatic rings. The molecule has 0 spiro atoms. The Labute approximate surface area is 165 Å². The standard InChI is InChI=1S/C23H38O4/c1-4-5-8-11-18(24)14-15-19-20(23(2)16-21(19)27-17-23)12-9-6-7-10-13-22(25)26-3/h6,9,14-15,18-21,24H,4-5,7-8,10-13,16-17H2,1-3H3/t18-,19+,20+,21+,23+/m0/s1. The van der Waals surface area contributed by atoms with E-state index in [1.165, 1.54) is 20.0 Å². The lowest BCUT2D eigenvalue weighted by atomic mass is 9.75. The highest BCUT2D eigenvalue weighted by Gasteiger charge is 2.54. The van der Waals surface area contributed by atoms with Crippen LogP contribution in [0.15, 0.2) is 24.3 Å². The van der Waals surface area contributed by atoms with Crippen LogP contribution < -0.4 is 0 Å². The van der Waals surface area contributed by atoms with Gasteiger partial charge in [-0.05, 0) is 43.4 Å². The van der Waals surface area contributed by atoms with Crippen LogP contribution in [-0.4, -0.2) is 37.0 Å². The van der Waals surface area contributed by atoms with Gasteiger partial charge in [0.25, 0.3) is 0 Å². The molecule has 1 N–H and O–H groups in total. The Morgan fingerprint density at radius 1 is 1.33 bits per heavy atom. The highest BCUT2D eigenvalue weighted by Crippen LogP contribution is 2.55. The van der Waals surface area contributed by atoms with Gasteiger partial charge in [0.2, 0.25) is 0 Å². The van der Waals surface area contributed by atoms with Crippen LogP contribution in [-0.2, 0) is 14.3 Å². The first kappa shape index (κ1) is 22.2. The van der Waals surface area contributed by atoms with E-state index in [2.05, 4.69) is 36.8 Å². The van der Waals surface area contributed by atoms with Gasteiger partial charge in [-0.3, -0.25) is 4.79 Å². The van der Waals surface area contributed by atoms with Gasteiger partial charge in [-0.1, -0.05) is 57.4 Å². The number of aliphatic hydroxyl groups excluding tert-OH is 1. The fourth-order valence-corrected chi connectivity index (χ4v) is 4.59. The molecule has 4 heteroatoms. The van der Waals surface area contributed by atoms with E-state index in [1.807, 2.05) is 6.08 Å². The summed E-state index contributed by atoms with van der Waals surface area (Å²) in [6, 6.07) is 0. The Morgan fingerprint density at radius 3 is 2.89 bits per heavy atom. The zero-order chi connectivity index (χ0) is 19.7. The fourth-order valence-electron chi connectivity index (χ4n) is 4.59. The minimum atomic E-state index is -0.335. The van der Waals surface area contributed by atoms with Crippen LogP contribution in [0.1, 0.15) is 71.6 Å². The summed E-state index contributed by atoms with van der Waals surface area (Å²) in [4.78, 5) is 11.1. The van der Waals surface area contributed by atoms with Crippen molar-refractivity contribution < 1.29 is 19.4 Å². The molecule has 27 heavy (non-hydrogen) atoms. The summed E-state index contributed by atoms with van der Waals surface area (Å²) in [5.74, 6) is 0.820. The zero-order valence-electron chi connectivity index (χ0n) is 17.4. The van der Waals surface area contributed by atoms with E-state index in [4.69, 9.17) is 4.74 Å². The first-order chi connectivity index (χ1) is 13.0. The third-order valence-electron chi connectivity index (χ3n) is 6.28. The Morgan fingerprint density at radius 2 is 2.15 bits per heavy atom. The van der Waals surface area contributed by atoms with Crippen LogP contribution in [0.5, 0.6) is 0 Å². The van der Waals surface area contributed by atoms with E-state index in [0.717, 1.165) is 45.1 Å². The number of hydrogen-bond acceptors (Lipinski definition) is 4. The average molecular weight is 379 g/mol. The van der Waals surface area contributed by atoms with Crippen molar-refractivity contribution in [3.8, 4) is 0 Å². The first-order valence-electron chi connectivity index (χ1n) is 10.7. The van der Waals surface area contributed by atoms with Crippen molar-refractivity contribution in [2.75, 3.05) is 13.7 Å². The van der Waals surface area contributed by atoms with Gasteiger partial charge in [-0.25, -0.2) is 0 Å². The van der Waals surface area contributed by atoms with Crippen LogP contribution in [0, 0.1) is 17.3 Å². The van der Waals surface area contributed by atoms with Gasteiger partial charge in [-0.2, -0.15) is 0 Å². The van der Waals surface area contributed by atoms with E-state index in [9.17, 15) is 9.90 Å². The van der Waals surface area contributed by atoms with Gasteiger partial charge in [0.15, 0.2) is 0 Å². The summed E-state index contributed by atoms with van der Waals surface area (Å²) in [6.45, 7) is 5.37. The maximum atomic E-state index is 11.1. The lowest BCUT2D eigenvalue weighted by Crippen LogP contribution is -2.33. The first-order valence-corrected chi connectivity index (χ1v) is 10.7. The van der Waals surface area contributed by atoms with Crippen LogP contribution in [0.4, 0.5) is 0 Å². The predicted octanol–water partition coefficient (Wildman–Crippen LogP) is 4.81. The quantitative estimate of drug-likeness (QED) is 0.301. The number of fused-ring (bicyclic) bond motifs is 2. The maximum Gasteiger partial charge on any atom is 0.305 e. The molecule has 1 saturated heterocycles. The number of rotatable bonds is 12. The average Bonchev–Trinajstić information content (AvgIpc) is 3.16. The largest absolute Gasteiger partial charge is 0.469 e. The lowest BCUT2D eigenvalue weighted by Gasteiger charge is -2.35. The van der Waals surface area contributed by atoms with Gasteiger partial charge in [0.05, 0.1) is 25.9 Å². The van der Waals surface area contributed by atoms with Gasteiger partial charge in [-0.15, -0.1) is 0 Å². The van der Waals surface area contributed by atoms with Crippen molar-refractivity contribution in [1.29, 1.82) is 0 Å². The molecule has 5 atom stereocenters. The van der Waals surface area contributed by atoms with Crippen molar-refractivity contribution in [3.63, 3.8) is 0 Å². The monoisotopic (exact) mass is 378 g/mol. The number of methoxy groups -OCH3 is 1. The minimum Gasteiger partial charge on any atom is -0.469 e. The van der Waals surface area contributed by atoms with Gasteiger partial charge < -0.3 is 14.6 Å². The Balaban J connectivity index is 1.83. The second-order valence-electron chi connectivity index (χ2n) is 8.51. The van der Waals surface area contributed by atoms with Crippen LogP contribution in [0.2, 0.25) is 0 Å². The van der Waals surface area contributed by atoms with Crippen molar-refractivity contribution in [2.24, 2.45) is 17.3 Å². The molecular formula is C23H38O4. The van der Waals surface area contributed by atoms with E-state index in [1.54, 1.807) is 0 Å². The molecule has 0 aromatic carbocycles. The Bertz CT molecular complexity index is 513. The molecule has 1 aliphatic heterocycles. The van der Waals surface area contributed by atoms with Crippen molar-refractivity contribution in [1.82, 2.24) is 0 Å². The van der Waals surface area contributed by atoms with Crippen molar-refractivity contribution >= 4 is 5.97 Å². The van der Waals surface area contributed by atoms with Crippen LogP contribution in [0.25, 0.3) is 0 Å². The van der Waals surface area contributed by atoms with Gasteiger partial charge in [0.1, 0.15) is 0 Å². The molecule has 0 aromatic heterocycles. The van der Waals surface area contributed by atoms with Gasteiger partial charge >= 0.3 is 5.97 Å². The lowest BCUT2D eigenvalue weighted by molar-refractivity contribution is -0.140. The van der Waals surface area contributed by atoms with E-state index in [0.29, 0.717) is 24.4 Å². The topological polar surface area (TPSA) is 55.8 Å². The molecule has 2 bridgehead atoms. The zero-order valence-corrected chi connectivity index (χ0v) is 17.4. The molecule has 2 rings (SSSR count). The SMILES string of the molecule is CCCCC[C@H](O)C=C[C@@H]1[C@@H](CC=CCCCC(=O)OC)[C@@]2(C)CO[C@@H]1C2. The summed E-state index contributed by atoms with van der Waals surface area (Å²) in [6.07, 6.45) is 17.3. The molecule has 0 radical (unpaired) electrons. The summed E-state index contributed by atoms with van der Waals surface area (Å²) in [7, 11) is 1.43. The molecule has 1 aliphatic carbocycles. The minimum absolute atomic E-state index is 0.135. The fraction of sp³-hybridized carbons (Fsp3) is 0.783. The second-order valence-corrected chi connectivity index (χ2v) is 8.51. The molecule has 0 unspecified atom stereocenters. The van der Waals surface area contributed by atoms with Crippen LogP contribution >= 0.6 is 0 Å².